The van der Waals surface area contributed by atoms with E-state index in [0.717, 1.165) is 25.0 Å². The first-order valence-electron chi connectivity index (χ1n) is 6.73. The number of anilines is 1. The zero-order valence-electron chi connectivity index (χ0n) is 11.8. The van der Waals surface area contributed by atoms with Gasteiger partial charge in [0, 0.05) is 16.9 Å². The SMILES string of the molecule is CCC[C@@H](C)C(=O)Nc1nc(-c2ccc(F)c(F)c2)cs1. The summed E-state index contributed by atoms with van der Waals surface area (Å²) in [6.07, 6.45) is 1.75. The molecule has 0 aliphatic heterocycles. The van der Waals surface area contributed by atoms with Crippen LogP contribution in [-0.4, -0.2) is 10.9 Å². The molecule has 112 valence electrons. The summed E-state index contributed by atoms with van der Waals surface area (Å²) < 4.78 is 26.1. The Labute approximate surface area is 126 Å². The number of nitrogens with zero attached hydrogens (tertiary/aromatic N) is 1. The van der Waals surface area contributed by atoms with E-state index in [1.807, 2.05) is 13.8 Å². The molecule has 2 aromatic rings. The smallest absolute Gasteiger partial charge is 0.228 e. The first-order valence-corrected chi connectivity index (χ1v) is 7.61. The average molecular weight is 310 g/mol. The molecule has 1 atom stereocenters. The van der Waals surface area contributed by atoms with E-state index in [-0.39, 0.29) is 11.8 Å². The molecule has 3 nitrogen and oxygen atoms in total. The van der Waals surface area contributed by atoms with Crippen molar-refractivity contribution in [3.8, 4) is 11.3 Å². The molecular weight excluding hydrogens is 294 g/mol. The first kappa shape index (κ1) is 15.6. The van der Waals surface area contributed by atoms with E-state index in [1.54, 1.807) is 5.38 Å². The van der Waals surface area contributed by atoms with Gasteiger partial charge in [0.2, 0.25) is 5.91 Å². The van der Waals surface area contributed by atoms with Crippen molar-refractivity contribution in [3.05, 3.63) is 35.2 Å². The summed E-state index contributed by atoms with van der Waals surface area (Å²) in [4.78, 5) is 16.1. The van der Waals surface area contributed by atoms with E-state index < -0.39 is 11.6 Å². The van der Waals surface area contributed by atoms with Crippen molar-refractivity contribution in [1.29, 1.82) is 0 Å². The Morgan fingerprint density at radius 1 is 1.38 bits per heavy atom. The molecule has 1 heterocycles. The monoisotopic (exact) mass is 310 g/mol. The number of amides is 1. The van der Waals surface area contributed by atoms with Crippen LogP contribution in [-0.2, 0) is 4.79 Å². The molecule has 0 aliphatic carbocycles. The van der Waals surface area contributed by atoms with Crippen molar-refractivity contribution in [2.45, 2.75) is 26.7 Å². The third-order valence-corrected chi connectivity index (χ3v) is 3.88. The number of aromatic nitrogens is 1. The van der Waals surface area contributed by atoms with Crippen LogP contribution in [0.4, 0.5) is 13.9 Å². The van der Waals surface area contributed by atoms with E-state index in [9.17, 15) is 13.6 Å². The Morgan fingerprint density at radius 2 is 2.14 bits per heavy atom. The van der Waals surface area contributed by atoms with Gasteiger partial charge in [0.05, 0.1) is 5.69 Å². The summed E-state index contributed by atoms with van der Waals surface area (Å²) >= 11 is 1.26. The van der Waals surface area contributed by atoms with Crippen LogP contribution in [0.1, 0.15) is 26.7 Å². The molecular formula is C15H16F2N2OS. The molecule has 0 aliphatic rings. The summed E-state index contributed by atoms with van der Waals surface area (Å²) in [5, 5.41) is 4.91. The van der Waals surface area contributed by atoms with Crippen LogP contribution in [0.5, 0.6) is 0 Å². The summed E-state index contributed by atoms with van der Waals surface area (Å²) in [7, 11) is 0. The number of carbonyl (C=O) groups excluding carboxylic acids is 1. The molecule has 6 heteroatoms. The molecule has 1 amide bonds. The Morgan fingerprint density at radius 3 is 2.81 bits per heavy atom. The lowest BCUT2D eigenvalue weighted by Gasteiger charge is -2.08. The van der Waals surface area contributed by atoms with Crippen molar-refractivity contribution >= 4 is 22.4 Å². The van der Waals surface area contributed by atoms with E-state index in [4.69, 9.17) is 0 Å². The standard InChI is InChI=1S/C15H16F2N2OS/c1-3-4-9(2)14(20)19-15-18-13(8-21-15)10-5-6-11(16)12(17)7-10/h5-9H,3-4H2,1-2H3,(H,18,19,20)/t9-/m1/s1. The van der Waals surface area contributed by atoms with E-state index in [2.05, 4.69) is 10.3 Å². The lowest BCUT2D eigenvalue weighted by atomic mass is 10.1. The number of carbonyl (C=O) groups is 1. The number of thiazole rings is 1. The second-order valence-corrected chi connectivity index (χ2v) is 5.70. The van der Waals surface area contributed by atoms with Crippen LogP contribution in [0.15, 0.2) is 23.6 Å². The summed E-state index contributed by atoms with van der Waals surface area (Å²) in [6.45, 7) is 3.89. The van der Waals surface area contributed by atoms with Crippen molar-refractivity contribution < 1.29 is 13.6 Å². The predicted molar refractivity (Wildman–Crippen MR) is 80.2 cm³/mol. The molecule has 0 radical (unpaired) electrons. The van der Waals surface area contributed by atoms with Crippen molar-refractivity contribution in [3.63, 3.8) is 0 Å². The van der Waals surface area contributed by atoms with Gasteiger partial charge in [0.25, 0.3) is 0 Å². The second kappa shape index (κ2) is 6.76. The molecule has 2 rings (SSSR count). The highest BCUT2D eigenvalue weighted by atomic mass is 32.1. The van der Waals surface area contributed by atoms with Gasteiger partial charge in [-0.05, 0) is 24.6 Å². The fourth-order valence-electron chi connectivity index (χ4n) is 1.91. The molecule has 0 unspecified atom stereocenters. The highest BCUT2D eigenvalue weighted by molar-refractivity contribution is 7.14. The van der Waals surface area contributed by atoms with Gasteiger partial charge in [0.1, 0.15) is 0 Å². The Bertz CT molecular complexity index is 642. The average Bonchev–Trinajstić information content (AvgIpc) is 2.90. The van der Waals surface area contributed by atoms with Crippen LogP contribution in [0.3, 0.4) is 0 Å². The molecule has 0 spiro atoms. The number of nitrogens with one attached hydrogen (secondary N) is 1. The molecule has 0 saturated carbocycles. The third kappa shape index (κ3) is 3.85. The molecule has 21 heavy (non-hydrogen) atoms. The van der Waals surface area contributed by atoms with Gasteiger partial charge in [-0.1, -0.05) is 20.3 Å². The normalized spacial score (nSPS) is 12.2. The molecule has 1 aromatic carbocycles. The van der Waals surface area contributed by atoms with Crippen molar-refractivity contribution in [1.82, 2.24) is 4.98 Å². The van der Waals surface area contributed by atoms with Gasteiger partial charge < -0.3 is 5.32 Å². The Balaban J connectivity index is 2.11. The summed E-state index contributed by atoms with van der Waals surface area (Å²) in [6, 6.07) is 3.61. The lowest BCUT2D eigenvalue weighted by molar-refractivity contribution is -0.119. The lowest BCUT2D eigenvalue weighted by Crippen LogP contribution is -2.20. The molecule has 0 saturated heterocycles. The summed E-state index contributed by atoms with van der Waals surface area (Å²) in [5.41, 5.74) is 0.990. The fourth-order valence-corrected chi connectivity index (χ4v) is 2.63. The van der Waals surface area contributed by atoms with Gasteiger partial charge in [-0.25, -0.2) is 13.8 Å². The number of hydrogen-bond donors (Lipinski definition) is 1. The quantitative estimate of drug-likeness (QED) is 0.885. The van der Waals surface area contributed by atoms with Crippen LogP contribution in [0.2, 0.25) is 0 Å². The van der Waals surface area contributed by atoms with Crippen LogP contribution in [0.25, 0.3) is 11.3 Å². The second-order valence-electron chi connectivity index (χ2n) is 4.85. The topological polar surface area (TPSA) is 42.0 Å². The van der Waals surface area contributed by atoms with Crippen LogP contribution in [0, 0.1) is 17.6 Å². The van der Waals surface area contributed by atoms with Gasteiger partial charge in [-0.15, -0.1) is 11.3 Å². The Hall–Kier alpha value is -1.82. The van der Waals surface area contributed by atoms with E-state index in [0.29, 0.717) is 16.4 Å². The number of benzene rings is 1. The number of halogens is 2. The molecule has 0 fully saturated rings. The van der Waals surface area contributed by atoms with E-state index in [1.165, 1.54) is 17.4 Å². The minimum absolute atomic E-state index is 0.0781. The Kier molecular flexibility index (Phi) is 5.01. The first-order chi connectivity index (χ1) is 10.0. The highest BCUT2D eigenvalue weighted by Gasteiger charge is 2.14. The van der Waals surface area contributed by atoms with Crippen molar-refractivity contribution in [2.24, 2.45) is 5.92 Å². The molecule has 1 aromatic heterocycles. The number of hydrogen-bond acceptors (Lipinski definition) is 3. The zero-order chi connectivity index (χ0) is 15.4. The van der Waals surface area contributed by atoms with Gasteiger partial charge >= 0.3 is 0 Å². The van der Waals surface area contributed by atoms with Gasteiger partial charge in [0.15, 0.2) is 16.8 Å². The summed E-state index contributed by atoms with van der Waals surface area (Å²) in [5.74, 6) is -1.97. The maximum absolute atomic E-state index is 13.2. The minimum Gasteiger partial charge on any atom is -0.302 e. The van der Waals surface area contributed by atoms with E-state index >= 15 is 0 Å². The van der Waals surface area contributed by atoms with Gasteiger partial charge in [-0.2, -0.15) is 0 Å². The fraction of sp³-hybridized carbons (Fsp3) is 0.333. The predicted octanol–water partition coefficient (Wildman–Crippen LogP) is 4.46. The molecule has 1 N–H and O–H groups in total. The number of rotatable bonds is 5. The minimum atomic E-state index is -0.914. The maximum atomic E-state index is 13.2. The van der Waals surface area contributed by atoms with Crippen LogP contribution < -0.4 is 5.32 Å². The molecule has 0 bridgehead atoms. The third-order valence-electron chi connectivity index (χ3n) is 3.12. The largest absolute Gasteiger partial charge is 0.302 e. The maximum Gasteiger partial charge on any atom is 0.228 e. The highest BCUT2D eigenvalue weighted by Crippen LogP contribution is 2.26. The van der Waals surface area contributed by atoms with Crippen LogP contribution >= 0.6 is 11.3 Å². The zero-order valence-corrected chi connectivity index (χ0v) is 12.6. The van der Waals surface area contributed by atoms with Gasteiger partial charge in [-0.3, -0.25) is 4.79 Å². The van der Waals surface area contributed by atoms with Crippen molar-refractivity contribution in [2.75, 3.05) is 5.32 Å².